The van der Waals surface area contributed by atoms with E-state index in [-0.39, 0.29) is 5.82 Å². The summed E-state index contributed by atoms with van der Waals surface area (Å²) >= 11 is 0. The molecule has 0 heterocycles. The van der Waals surface area contributed by atoms with Crippen molar-refractivity contribution in [3.8, 4) is 0 Å². The van der Waals surface area contributed by atoms with Crippen molar-refractivity contribution in [1.29, 1.82) is 0 Å². The normalized spacial score (nSPS) is 11.4. The summed E-state index contributed by atoms with van der Waals surface area (Å²) in [4.78, 5) is 3.88. The van der Waals surface area contributed by atoms with Gasteiger partial charge in [0, 0.05) is 13.6 Å². The summed E-state index contributed by atoms with van der Waals surface area (Å²) in [6.07, 6.45) is 0.798. The summed E-state index contributed by atoms with van der Waals surface area (Å²) in [7, 11) is 1.64. The van der Waals surface area contributed by atoms with E-state index in [1.54, 1.807) is 13.1 Å². The number of benzene rings is 1. The van der Waals surface area contributed by atoms with Crippen LogP contribution < -0.4 is 16.6 Å². The predicted octanol–water partition coefficient (Wildman–Crippen LogP) is 0.715. The van der Waals surface area contributed by atoms with Crippen LogP contribution in [0.3, 0.4) is 0 Å². The maximum atomic E-state index is 12.8. The first-order valence-electron chi connectivity index (χ1n) is 5.09. The fourth-order valence-corrected chi connectivity index (χ4v) is 1.45. The number of hydrogen-bond donors (Lipinski definition) is 3. The molecule has 88 valence electrons. The average molecular weight is 224 g/mol. The van der Waals surface area contributed by atoms with Crippen LogP contribution in [0.2, 0.25) is 0 Å². The molecule has 4 nitrogen and oxygen atoms in total. The third-order valence-electron chi connectivity index (χ3n) is 2.35. The minimum Gasteiger partial charge on any atom is -0.355 e. The summed E-state index contributed by atoms with van der Waals surface area (Å²) in [5, 5.41) is 3.03. The summed E-state index contributed by atoms with van der Waals surface area (Å²) in [6, 6.07) is 4.80. The van der Waals surface area contributed by atoms with Crippen LogP contribution in [-0.2, 0) is 6.42 Å². The monoisotopic (exact) mass is 224 g/mol. The lowest BCUT2D eigenvalue weighted by molar-refractivity contribution is 0.625. The molecule has 0 radical (unpaired) electrons. The van der Waals surface area contributed by atoms with Gasteiger partial charge in [-0.2, -0.15) is 0 Å². The van der Waals surface area contributed by atoms with Gasteiger partial charge in [0.25, 0.3) is 0 Å². The molecule has 0 aliphatic carbocycles. The van der Waals surface area contributed by atoms with Gasteiger partial charge in [0.15, 0.2) is 0 Å². The first-order chi connectivity index (χ1) is 7.67. The maximum absolute atomic E-state index is 12.8. The van der Waals surface area contributed by atoms with Crippen molar-refractivity contribution < 1.29 is 4.39 Å². The molecule has 1 aromatic carbocycles. The lowest BCUT2D eigenvalue weighted by Gasteiger charge is -2.09. The standard InChI is InChI=1S/C11H17FN4/c1-8-7-10(12)4-3-9(8)5-6-15-11(14-2)16-13/h3-4,7H,5-6,13H2,1-2H3,(H2,14,15,16). The fourth-order valence-electron chi connectivity index (χ4n) is 1.45. The number of nitrogens with one attached hydrogen (secondary N) is 2. The number of aryl methyl sites for hydroxylation is 1. The summed E-state index contributed by atoms with van der Waals surface area (Å²) in [5.74, 6) is 5.56. The van der Waals surface area contributed by atoms with Gasteiger partial charge in [0.2, 0.25) is 5.96 Å². The van der Waals surface area contributed by atoms with Crippen LogP contribution in [0, 0.1) is 12.7 Å². The van der Waals surface area contributed by atoms with Crippen molar-refractivity contribution in [1.82, 2.24) is 10.7 Å². The average Bonchev–Trinajstić information content (AvgIpc) is 2.27. The zero-order valence-corrected chi connectivity index (χ0v) is 9.55. The first kappa shape index (κ1) is 12.4. The molecule has 0 fully saturated rings. The molecule has 0 bridgehead atoms. The molecule has 0 saturated heterocycles. The van der Waals surface area contributed by atoms with Crippen LogP contribution in [0.5, 0.6) is 0 Å². The molecule has 0 aromatic heterocycles. The Morgan fingerprint density at radius 1 is 1.50 bits per heavy atom. The molecule has 16 heavy (non-hydrogen) atoms. The van der Waals surface area contributed by atoms with E-state index in [1.807, 2.05) is 6.92 Å². The number of rotatable bonds is 3. The highest BCUT2D eigenvalue weighted by Gasteiger charge is 2.00. The van der Waals surface area contributed by atoms with E-state index in [1.165, 1.54) is 12.1 Å². The van der Waals surface area contributed by atoms with Crippen molar-refractivity contribution in [2.45, 2.75) is 13.3 Å². The minimum atomic E-state index is -0.200. The van der Waals surface area contributed by atoms with Crippen LogP contribution in [0.25, 0.3) is 0 Å². The topological polar surface area (TPSA) is 62.4 Å². The second kappa shape index (κ2) is 6.07. The molecule has 4 N–H and O–H groups in total. The fraction of sp³-hybridized carbons (Fsp3) is 0.364. The Hall–Kier alpha value is -1.62. The zero-order valence-electron chi connectivity index (χ0n) is 9.55. The third-order valence-corrected chi connectivity index (χ3v) is 2.35. The molecule has 0 atom stereocenters. The Bertz CT molecular complexity index is 376. The maximum Gasteiger partial charge on any atom is 0.205 e. The number of hydrogen-bond acceptors (Lipinski definition) is 2. The van der Waals surface area contributed by atoms with Crippen molar-refractivity contribution in [2.75, 3.05) is 13.6 Å². The Balaban J connectivity index is 2.49. The Morgan fingerprint density at radius 2 is 2.25 bits per heavy atom. The number of halogens is 1. The molecule has 0 saturated carbocycles. The van der Waals surface area contributed by atoms with Crippen molar-refractivity contribution in [3.05, 3.63) is 35.1 Å². The smallest absolute Gasteiger partial charge is 0.205 e. The van der Waals surface area contributed by atoms with E-state index in [2.05, 4.69) is 15.7 Å². The Kier molecular flexibility index (Phi) is 4.72. The third kappa shape index (κ3) is 3.51. The highest BCUT2D eigenvalue weighted by atomic mass is 19.1. The molecule has 0 aliphatic rings. The van der Waals surface area contributed by atoms with Gasteiger partial charge in [-0.15, -0.1) is 0 Å². The molecular formula is C11H17FN4. The number of nitrogens with two attached hydrogens (primary N) is 1. The molecule has 0 aliphatic heterocycles. The van der Waals surface area contributed by atoms with Gasteiger partial charge in [-0.05, 0) is 36.6 Å². The lowest BCUT2D eigenvalue weighted by atomic mass is 10.1. The van der Waals surface area contributed by atoms with Gasteiger partial charge in [-0.25, -0.2) is 10.2 Å². The molecule has 1 rings (SSSR count). The highest BCUT2D eigenvalue weighted by Crippen LogP contribution is 2.10. The van der Waals surface area contributed by atoms with E-state index >= 15 is 0 Å². The zero-order chi connectivity index (χ0) is 12.0. The lowest BCUT2D eigenvalue weighted by Crippen LogP contribution is -2.42. The largest absolute Gasteiger partial charge is 0.355 e. The Morgan fingerprint density at radius 3 is 2.81 bits per heavy atom. The molecule has 0 unspecified atom stereocenters. The molecular weight excluding hydrogens is 207 g/mol. The van der Waals surface area contributed by atoms with E-state index in [0.717, 1.165) is 17.5 Å². The quantitative estimate of drug-likeness (QED) is 0.307. The van der Waals surface area contributed by atoms with E-state index < -0.39 is 0 Å². The number of guanidine groups is 1. The number of aliphatic imine (C=N–C) groups is 1. The Labute approximate surface area is 94.7 Å². The van der Waals surface area contributed by atoms with Crippen LogP contribution in [0.1, 0.15) is 11.1 Å². The first-order valence-corrected chi connectivity index (χ1v) is 5.09. The van der Waals surface area contributed by atoms with Gasteiger partial charge in [-0.1, -0.05) is 6.07 Å². The van der Waals surface area contributed by atoms with E-state index in [4.69, 9.17) is 5.84 Å². The number of nitrogens with zero attached hydrogens (tertiary/aromatic N) is 1. The molecule has 0 amide bonds. The molecule has 5 heteroatoms. The van der Waals surface area contributed by atoms with Gasteiger partial charge < -0.3 is 5.32 Å². The highest BCUT2D eigenvalue weighted by molar-refractivity contribution is 5.78. The minimum absolute atomic E-state index is 0.200. The predicted molar refractivity (Wildman–Crippen MR) is 63.5 cm³/mol. The SMILES string of the molecule is CN=C(NN)NCCc1ccc(F)cc1C. The second-order valence-electron chi connectivity index (χ2n) is 3.46. The summed E-state index contributed by atoms with van der Waals surface area (Å²) in [6.45, 7) is 2.60. The van der Waals surface area contributed by atoms with Crippen molar-refractivity contribution in [3.63, 3.8) is 0 Å². The van der Waals surface area contributed by atoms with Gasteiger partial charge in [0.1, 0.15) is 5.82 Å². The summed E-state index contributed by atoms with van der Waals surface area (Å²) < 4.78 is 12.8. The summed E-state index contributed by atoms with van der Waals surface area (Å²) in [5.41, 5.74) is 4.51. The van der Waals surface area contributed by atoms with E-state index in [0.29, 0.717) is 12.5 Å². The molecule has 0 spiro atoms. The second-order valence-corrected chi connectivity index (χ2v) is 3.46. The van der Waals surface area contributed by atoms with Gasteiger partial charge in [0.05, 0.1) is 0 Å². The number of hydrazine groups is 1. The van der Waals surface area contributed by atoms with Crippen molar-refractivity contribution >= 4 is 5.96 Å². The van der Waals surface area contributed by atoms with E-state index in [9.17, 15) is 4.39 Å². The van der Waals surface area contributed by atoms with Crippen molar-refractivity contribution in [2.24, 2.45) is 10.8 Å². The van der Waals surface area contributed by atoms with Crippen LogP contribution in [0.15, 0.2) is 23.2 Å². The molecule has 1 aromatic rings. The van der Waals surface area contributed by atoms with Gasteiger partial charge >= 0.3 is 0 Å². The van der Waals surface area contributed by atoms with Gasteiger partial charge in [-0.3, -0.25) is 10.4 Å². The van der Waals surface area contributed by atoms with Crippen LogP contribution in [0.4, 0.5) is 4.39 Å². The van der Waals surface area contributed by atoms with Crippen LogP contribution >= 0.6 is 0 Å². The van der Waals surface area contributed by atoms with Crippen LogP contribution in [-0.4, -0.2) is 19.6 Å².